The average Bonchev–Trinajstić information content (AvgIpc) is 2.32. The third-order valence-electron chi connectivity index (χ3n) is 2.72. The molecule has 16 heavy (non-hydrogen) atoms. The molecule has 2 nitrogen and oxygen atoms in total. The molecule has 1 saturated heterocycles. The molecule has 2 rings (SSSR count). The topological polar surface area (TPSA) is 26.3 Å². The minimum Gasteiger partial charge on any atom is -0.381 e. The van der Waals surface area contributed by atoms with E-state index in [1.165, 1.54) is 18.2 Å². The molecule has 1 heterocycles. The first-order chi connectivity index (χ1) is 7.68. The van der Waals surface area contributed by atoms with E-state index in [-0.39, 0.29) is 17.3 Å². The lowest BCUT2D eigenvalue weighted by Gasteiger charge is -2.21. The molecule has 0 spiro atoms. The molecule has 1 unspecified atom stereocenters. The van der Waals surface area contributed by atoms with Gasteiger partial charge in [-0.3, -0.25) is 4.79 Å². The normalized spacial score (nSPS) is 20.8. The molecule has 0 aromatic heterocycles. The van der Waals surface area contributed by atoms with Crippen molar-refractivity contribution >= 4 is 17.4 Å². The predicted molar refractivity (Wildman–Crippen MR) is 59.3 cm³/mol. The van der Waals surface area contributed by atoms with Gasteiger partial charge in [-0.2, -0.15) is 0 Å². The van der Waals surface area contributed by atoms with Gasteiger partial charge in [-0.05, 0) is 31.0 Å². The van der Waals surface area contributed by atoms with Crippen LogP contribution in [0.4, 0.5) is 4.39 Å². The van der Waals surface area contributed by atoms with Crippen molar-refractivity contribution in [3.05, 3.63) is 34.6 Å². The third-order valence-corrected chi connectivity index (χ3v) is 3.05. The summed E-state index contributed by atoms with van der Waals surface area (Å²) in [5, 5.41) is 0.303. The Morgan fingerprint density at radius 1 is 1.50 bits per heavy atom. The molecule has 0 amide bonds. The molecule has 4 heteroatoms. The SMILES string of the molecule is O=C(c1cc(F)ccc1Cl)C1CCCOC1. The Kier molecular flexibility index (Phi) is 3.56. The van der Waals surface area contributed by atoms with E-state index in [0.717, 1.165) is 12.8 Å². The van der Waals surface area contributed by atoms with Crippen LogP contribution in [0.3, 0.4) is 0 Å². The molecule has 0 aliphatic carbocycles. The molecule has 0 N–H and O–H groups in total. The molecule has 0 saturated carbocycles. The van der Waals surface area contributed by atoms with Crippen LogP contribution in [0, 0.1) is 11.7 Å². The van der Waals surface area contributed by atoms with E-state index in [1.54, 1.807) is 0 Å². The summed E-state index contributed by atoms with van der Waals surface area (Å²) in [6.07, 6.45) is 1.65. The summed E-state index contributed by atoms with van der Waals surface area (Å²) in [5.41, 5.74) is 0.261. The first kappa shape index (κ1) is 11.6. The highest BCUT2D eigenvalue weighted by Gasteiger charge is 2.24. The monoisotopic (exact) mass is 242 g/mol. The molecular formula is C12H12ClFO2. The molecule has 1 aliphatic heterocycles. The molecule has 0 radical (unpaired) electrons. The van der Waals surface area contributed by atoms with Gasteiger partial charge in [0.25, 0.3) is 0 Å². The molecule has 1 aromatic carbocycles. The van der Waals surface area contributed by atoms with E-state index in [9.17, 15) is 9.18 Å². The second-order valence-corrected chi connectivity index (χ2v) is 4.31. The summed E-state index contributed by atoms with van der Waals surface area (Å²) in [7, 11) is 0. The van der Waals surface area contributed by atoms with Crippen molar-refractivity contribution in [2.24, 2.45) is 5.92 Å². The van der Waals surface area contributed by atoms with Crippen molar-refractivity contribution in [2.45, 2.75) is 12.8 Å². The fraction of sp³-hybridized carbons (Fsp3) is 0.417. The zero-order chi connectivity index (χ0) is 11.5. The summed E-state index contributed by atoms with van der Waals surface area (Å²) in [6, 6.07) is 3.85. The number of benzene rings is 1. The Balaban J connectivity index is 2.22. The Bertz CT molecular complexity index is 400. The highest BCUT2D eigenvalue weighted by molar-refractivity contribution is 6.34. The largest absolute Gasteiger partial charge is 0.381 e. The molecule has 86 valence electrons. The smallest absolute Gasteiger partial charge is 0.169 e. The van der Waals surface area contributed by atoms with Gasteiger partial charge in [0.1, 0.15) is 5.82 Å². The number of carbonyl (C=O) groups excluding carboxylic acids is 1. The number of rotatable bonds is 2. The van der Waals surface area contributed by atoms with Crippen LogP contribution in [0.15, 0.2) is 18.2 Å². The standard InChI is InChI=1S/C12H12ClFO2/c13-11-4-3-9(14)6-10(11)12(15)8-2-1-5-16-7-8/h3-4,6,8H,1-2,5,7H2. The van der Waals surface area contributed by atoms with E-state index in [4.69, 9.17) is 16.3 Å². The van der Waals surface area contributed by atoms with Crippen molar-refractivity contribution < 1.29 is 13.9 Å². The van der Waals surface area contributed by atoms with Gasteiger partial charge in [0.15, 0.2) is 5.78 Å². The van der Waals surface area contributed by atoms with Crippen LogP contribution >= 0.6 is 11.6 Å². The summed E-state index contributed by atoms with van der Waals surface area (Å²) in [5.74, 6) is -0.748. The molecule has 1 atom stereocenters. The zero-order valence-corrected chi connectivity index (χ0v) is 9.47. The van der Waals surface area contributed by atoms with Crippen molar-refractivity contribution in [1.29, 1.82) is 0 Å². The van der Waals surface area contributed by atoms with E-state index in [0.29, 0.717) is 18.2 Å². The Morgan fingerprint density at radius 2 is 2.31 bits per heavy atom. The van der Waals surface area contributed by atoms with Crippen LogP contribution < -0.4 is 0 Å². The summed E-state index contributed by atoms with van der Waals surface area (Å²) in [4.78, 5) is 12.0. The van der Waals surface area contributed by atoms with Crippen LogP contribution in [0.5, 0.6) is 0 Å². The van der Waals surface area contributed by atoms with Crippen molar-refractivity contribution in [3.8, 4) is 0 Å². The van der Waals surface area contributed by atoms with Gasteiger partial charge in [-0.15, -0.1) is 0 Å². The number of ether oxygens (including phenoxy) is 1. The molecule has 1 aromatic rings. The molecule has 0 bridgehead atoms. The maximum atomic E-state index is 13.0. The van der Waals surface area contributed by atoms with Crippen LogP contribution in [-0.2, 0) is 4.74 Å². The van der Waals surface area contributed by atoms with Crippen LogP contribution in [0.25, 0.3) is 0 Å². The second-order valence-electron chi connectivity index (χ2n) is 3.90. The quantitative estimate of drug-likeness (QED) is 0.745. The Hall–Kier alpha value is -0.930. The lowest BCUT2D eigenvalue weighted by molar-refractivity contribution is 0.0461. The highest BCUT2D eigenvalue weighted by atomic mass is 35.5. The summed E-state index contributed by atoms with van der Waals surface area (Å²) >= 11 is 5.88. The van der Waals surface area contributed by atoms with Gasteiger partial charge < -0.3 is 4.74 Å². The first-order valence-corrected chi connectivity index (χ1v) is 5.63. The molecule has 1 fully saturated rings. The fourth-order valence-electron chi connectivity index (χ4n) is 1.85. The average molecular weight is 243 g/mol. The van der Waals surface area contributed by atoms with Crippen molar-refractivity contribution in [2.75, 3.05) is 13.2 Å². The highest BCUT2D eigenvalue weighted by Crippen LogP contribution is 2.24. The van der Waals surface area contributed by atoms with Gasteiger partial charge in [0.05, 0.1) is 11.6 Å². The number of hydrogen-bond donors (Lipinski definition) is 0. The van der Waals surface area contributed by atoms with E-state index < -0.39 is 5.82 Å². The molecular weight excluding hydrogens is 231 g/mol. The predicted octanol–water partition coefficient (Wildman–Crippen LogP) is 3.09. The number of halogens is 2. The van der Waals surface area contributed by atoms with Gasteiger partial charge in [-0.25, -0.2) is 4.39 Å². The zero-order valence-electron chi connectivity index (χ0n) is 8.71. The summed E-state index contributed by atoms with van der Waals surface area (Å²) in [6.45, 7) is 1.10. The number of hydrogen-bond acceptors (Lipinski definition) is 2. The lowest BCUT2D eigenvalue weighted by Crippen LogP contribution is -2.25. The van der Waals surface area contributed by atoms with Gasteiger partial charge in [0, 0.05) is 18.1 Å². The maximum absolute atomic E-state index is 13.0. The Labute approximate surface area is 98.4 Å². The van der Waals surface area contributed by atoms with E-state index in [1.807, 2.05) is 0 Å². The van der Waals surface area contributed by atoms with Crippen molar-refractivity contribution in [1.82, 2.24) is 0 Å². The van der Waals surface area contributed by atoms with Crippen LogP contribution in [-0.4, -0.2) is 19.0 Å². The third kappa shape index (κ3) is 2.42. The number of ketones is 1. The van der Waals surface area contributed by atoms with Crippen LogP contribution in [0.1, 0.15) is 23.2 Å². The molecule has 1 aliphatic rings. The number of carbonyl (C=O) groups is 1. The fourth-order valence-corrected chi connectivity index (χ4v) is 2.06. The number of Topliss-reactive ketones (excluding diaryl/α,β-unsaturated/α-hetero) is 1. The maximum Gasteiger partial charge on any atom is 0.169 e. The van der Waals surface area contributed by atoms with E-state index in [2.05, 4.69) is 0 Å². The van der Waals surface area contributed by atoms with Crippen LogP contribution in [0.2, 0.25) is 5.02 Å². The first-order valence-electron chi connectivity index (χ1n) is 5.25. The summed E-state index contributed by atoms with van der Waals surface area (Å²) < 4.78 is 18.3. The minimum absolute atomic E-state index is 0.121. The van der Waals surface area contributed by atoms with Crippen molar-refractivity contribution in [3.63, 3.8) is 0 Å². The van der Waals surface area contributed by atoms with Gasteiger partial charge in [-0.1, -0.05) is 11.6 Å². The minimum atomic E-state index is -0.440. The van der Waals surface area contributed by atoms with E-state index >= 15 is 0 Å². The lowest BCUT2D eigenvalue weighted by atomic mass is 9.93. The second kappa shape index (κ2) is 4.93. The van der Waals surface area contributed by atoms with Gasteiger partial charge in [0.2, 0.25) is 0 Å². The Morgan fingerprint density at radius 3 is 3.00 bits per heavy atom. The van der Waals surface area contributed by atoms with Gasteiger partial charge >= 0.3 is 0 Å².